The number of halogens is 3. The SMILES string of the molecule is N#CC(CC(=O)O)c1ccc(OCc2cccc(CN3CCn4c(nnc4C(F)(F)F)C3)c2)cc1.[H-].[Li+]. The third kappa shape index (κ3) is 6.67. The number of alkyl halides is 3. The minimum Gasteiger partial charge on any atom is -1.00 e. The number of nitriles is 1. The molecule has 12 heteroatoms. The van der Waals surface area contributed by atoms with Crippen LogP contribution in [0.3, 0.4) is 0 Å². The molecule has 1 N–H and O–H groups in total. The molecule has 0 fully saturated rings. The van der Waals surface area contributed by atoms with Crippen LogP contribution in [0.25, 0.3) is 0 Å². The monoisotopic (exact) mass is 493 g/mol. The van der Waals surface area contributed by atoms with Crippen LogP contribution in [0.1, 0.15) is 42.1 Å². The number of carbonyl (C=O) groups is 1. The first-order chi connectivity index (χ1) is 16.7. The van der Waals surface area contributed by atoms with E-state index in [0.29, 0.717) is 36.8 Å². The summed E-state index contributed by atoms with van der Waals surface area (Å²) < 4.78 is 46.0. The van der Waals surface area contributed by atoms with Gasteiger partial charge in [0.15, 0.2) is 0 Å². The molecule has 1 aliphatic rings. The van der Waals surface area contributed by atoms with Crippen molar-refractivity contribution in [3.8, 4) is 11.8 Å². The molecular weight excluding hydrogens is 470 g/mol. The largest absolute Gasteiger partial charge is 1.00 e. The predicted octanol–water partition coefficient (Wildman–Crippen LogP) is 1.09. The Morgan fingerprint density at radius 2 is 1.89 bits per heavy atom. The number of rotatable bonds is 8. The van der Waals surface area contributed by atoms with Gasteiger partial charge in [0.25, 0.3) is 0 Å². The fourth-order valence-corrected chi connectivity index (χ4v) is 4.00. The van der Waals surface area contributed by atoms with Crippen molar-refractivity contribution in [2.75, 3.05) is 6.54 Å². The van der Waals surface area contributed by atoms with Gasteiger partial charge in [0.1, 0.15) is 18.2 Å². The zero-order chi connectivity index (χ0) is 25.0. The van der Waals surface area contributed by atoms with Gasteiger partial charge in [-0.1, -0.05) is 36.4 Å². The van der Waals surface area contributed by atoms with E-state index in [1.165, 1.54) is 0 Å². The van der Waals surface area contributed by atoms with Crippen LogP contribution in [0.15, 0.2) is 48.5 Å². The second-order valence-corrected chi connectivity index (χ2v) is 8.26. The van der Waals surface area contributed by atoms with Crippen molar-refractivity contribution in [2.45, 2.75) is 44.8 Å². The van der Waals surface area contributed by atoms with Gasteiger partial charge in [0, 0.05) is 19.6 Å². The molecular formula is C24H23F3LiN5O3. The van der Waals surface area contributed by atoms with Crippen LogP contribution in [0.4, 0.5) is 13.2 Å². The molecule has 0 amide bonds. The topological polar surface area (TPSA) is 104 Å². The van der Waals surface area contributed by atoms with Crippen molar-refractivity contribution in [3.63, 3.8) is 0 Å². The van der Waals surface area contributed by atoms with Crippen LogP contribution in [0.2, 0.25) is 0 Å². The first-order valence-electron chi connectivity index (χ1n) is 10.9. The van der Waals surface area contributed by atoms with Gasteiger partial charge in [0.05, 0.1) is 25.0 Å². The van der Waals surface area contributed by atoms with E-state index in [1.54, 1.807) is 24.3 Å². The third-order valence-electron chi connectivity index (χ3n) is 5.71. The fourth-order valence-electron chi connectivity index (χ4n) is 4.00. The Kier molecular flexibility index (Phi) is 8.80. The molecule has 3 aromatic rings. The van der Waals surface area contributed by atoms with Gasteiger partial charge in [-0.15, -0.1) is 10.2 Å². The van der Waals surface area contributed by atoms with E-state index in [1.807, 2.05) is 35.2 Å². The number of aromatic nitrogens is 3. The molecule has 0 saturated carbocycles. The summed E-state index contributed by atoms with van der Waals surface area (Å²) in [6.45, 7) is 1.76. The van der Waals surface area contributed by atoms with Crippen molar-refractivity contribution < 1.29 is 48.1 Å². The quantitative estimate of drug-likeness (QED) is 0.469. The standard InChI is InChI=1S/C24H22F3N5O3.Li.H/c25-24(26,27)23-30-29-21-14-31(8-9-32(21)23)13-16-2-1-3-17(10-16)15-35-20-6-4-18(5-7-20)19(12-28)11-22(33)34;;/h1-7,10,19H,8-9,11,13-15H2,(H,33,34);;/q;+1;-1. The maximum atomic E-state index is 13.0. The Morgan fingerprint density at radius 3 is 2.56 bits per heavy atom. The van der Waals surface area contributed by atoms with Crippen LogP contribution in [-0.2, 0) is 37.2 Å². The van der Waals surface area contributed by atoms with Crippen LogP contribution in [0.5, 0.6) is 5.75 Å². The van der Waals surface area contributed by atoms with Gasteiger partial charge >= 0.3 is 31.0 Å². The summed E-state index contributed by atoms with van der Waals surface area (Å²) in [6, 6.07) is 16.5. The van der Waals surface area contributed by atoms with E-state index < -0.39 is 23.9 Å². The molecule has 4 rings (SSSR count). The summed E-state index contributed by atoms with van der Waals surface area (Å²) in [6.07, 6.45) is -4.78. The molecule has 2 aromatic carbocycles. The number of hydrogen-bond acceptors (Lipinski definition) is 6. The van der Waals surface area contributed by atoms with Gasteiger partial charge < -0.3 is 15.8 Å². The molecule has 0 aliphatic carbocycles. The summed E-state index contributed by atoms with van der Waals surface area (Å²) in [5, 5.41) is 25.1. The molecule has 36 heavy (non-hydrogen) atoms. The van der Waals surface area contributed by atoms with Crippen LogP contribution in [-0.4, -0.2) is 37.3 Å². The minimum atomic E-state index is -4.52. The van der Waals surface area contributed by atoms with Crippen LogP contribution < -0.4 is 23.6 Å². The Hall–Kier alpha value is -3.31. The molecule has 0 radical (unpaired) electrons. The number of hydrogen-bond donors (Lipinski definition) is 1. The van der Waals surface area contributed by atoms with Crippen molar-refractivity contribution in [2.24, 2.45) is 0 Å². The Bertz CT molecular complexity index is 1250. The molecule has 1 unspecified atom stereocenters. The van der Waals surface area contributed by atoms with E-state index >= 15 is 0 Å². The molecule has 8 nitrogen and oxygen atoms in total. The average Bonchev–Trinajstić information content (AvgIpc) is 3.26. The molecule has 1 atom stereocenters. The first-order valence-corrected chi connectivity index (χ1v) is 10.9. The maximum Gasteiger partial charge on any atom is 1.00 e. The fraction of sp³-hybridized carbons (Fsp3) is 0.333. The van der Waals surface area contributed by atoms with Crippen molar-refractivity contribution >= 4 is 5.97 Å². The first kappa shape index (κ1) is 27.3. The van der Waals surface area contributed by atoms with E-state index in [9.17, 15) is 23.2 Å². The number of aliphatic carboxylic acids is 1. The third-order valence-corrected chi connectivity index (χ3v) is 5.71. The molecule has 1 aromatic heterocycles. The molecule has 0 spiro atoms. The number of carboxylic acid groups (broad SMARTS) is 1. The summed E-state index contributed by atoms with van der Waals surface area (Å²) in [7, 11) is 0. The Morgan fingerprint density at radius 1 is 1.17 bits per heavy atom. The van der Waals surface area contributed by atoms with E-state index in [2.05, 4.69) is 10.2 Å². The summed E-state index contributed by atoms with van der Waals surface area (Å²) in [5.41, 5.74) is 2.53. The Labute approximate surface area is 219 Å². The van der Waals surface area contributed by atoms with Crippen LogP contribution in [0, 0.1) is 11.3 Å². The molecule has 0 saturated heterocycles. The second kappa shape index (κ2) is 11.6. The number of carboxylic acids is 1. The molecule has 184 valence electrons. The van der Waals surface area contributed by atoms with Crippen molar-refractivity contribution in [3.05, 3.63) is 76.9 Å². The van der Waals surface area contributed by atoms with E-state index in [4.69, 9.17) is 9.84 Å². The summed E-state index contributed by atoms with van der Waals surface area (Å²) >= 11 is 0. The summed E-state index contributed by atoms with van der Waals surface area (Å²) in [5.74, 6) is -1.82. The van der Waals surface area contributed by atoms with Gasteiger partial charge in [-0.05, 0) is 28.8 Å². The normalized spacial score (nSPS) is 14.3. The zero-order valence-corrected chi connectivity index (χ0v) is 19.6. The molecule has 1 aliphatic heterocycles. The predicted molar refractivity (Wildman–Crippen MR) is 118 cm³/mol. The Balaban J connectivity index is 0.00000241. The van der Waals surface area contributed by atoms with E-state index in [0.717, 1.165) is 15.7 Å². The summed E-state index contributed by atoms with van der Waals surface area (Å²) in [4.78, 5) is 12.9. The number of fused-ring (bicyclic) bond motifs is 1. The number of benzene rings is 2. The minimum absolute atomic E-state index is 0. The van der Waals surface area contributed by atoms with Crippen molar-refractivity contribution in [1.82, 2.24) is 19.7 Å². The number of ether oxygens (including phenoxy) is 1. The maximum absolute atomic E-state index is 13.0. The zero-order valence-electron chi connectivity index (χ0n) is 20.6. The molecule has 0 bridgehead atoms. The van der Waals surface area contributed by atoms with Gasteiger partial charge in [-0.3, -0.25) is 9.69 Å². The number of nitrogens with zero attached hydrogens (tertiary/aromatic N) is 5. The van der Waals surface area contributed by atoms with Gasteiger partial charge in [-0.2, -0.15) is 18.4 Å². The average molecular weight is 493 g/mol. The van der Waals surface area contributed by atoms with Crippen molar-refractivity contribution in [1.29, 1.82) is 5.26 Å². The smallest absolute Gasteiger partial charge is 1.00 e. The van der Waals surface area contributed by atoms with Gasteiger partial charge in [0.2, 0.25) is 5.82 Å². The molecule has 2 heterocycles. The van der Waals surface area contributed by atoms with E-state index in [-0.39, 0.29) is 39.8 Å². The second-order valence-electron chi connectivity index (χ2n) is 8.26. The van der Waals surface area contributed by atoms with Crippen LogP contribution >= 0.6 is 0 Å². The van der Waals surface area contributed by atoms with Gasteiger partial charge in [-0.25, -0.2) is 0 Å².